The van der Waals surface area contributed by atoms with Gasteiger partial charge in [-0.3, -0.25) is 34.3 Å². The Morgan fingerprint density at radius 2 is 1.59 bits per heavy atom. The van der Waals surface area contributed by atoms with Crippen LogP contribution in [0.1, 0.15) is 95.5 Å². The number of imide groups is 2. The van der Waals surface area contributed by atoms with E-state index in [-0.39, 0.29) is 25.4 Å². The standard InChI is InChI=1S/C51H57Cl2N9O6/c1-51(2,36-28-34(30-54)46(41(53)29-36)67-27-17-52)35-6-8-39(9-7-35)68-32-37-12-18-55-50(56-37)61-25-23-58(24-26-61)31-33-13-19-59(20-14-33)38-15-21-60(22-16-38)42-5-3-4-40-45(42)49(66)62(48(40)65)43-10-11-44(63)57-47(43)64/h3-9,12,18,28-29,33,38,43H,10-11,13-17,19-27,31-32H2,1-2H3,(H,57,63,64). The summed E-state index contributed by atoms with van der Waals surface area (Å²) in [6.07, 6.45) is 6.33. The van der Waals surface area contributed by atoms with Crippen LogP contribution in [0.3, 0.4) is 0 Å². The number of carbonyl (C=O) groups is 4. The molecule has 0 spiro atoms. The summed E-state index contributed by atoms with van der Waals surface area (Å²) in [7, 11) is 0. The van der Waals surface area contributed by atoms with E-state index < -0.39 is 29.2 Å². The molecular weight excluding hydrogens is 906 g/mol. The molecule has 5 aliphatic heterocycles. The summed E-state index contributed by atoms with van der Waals surface area (Å²) in [5.74, 6) is 0.847. The minimum absolute atomic E-state index is 0.0958. The van der Waals surface area contributed by atoms with Crippen LogP contribution in [0.15, 0.2) is 66.9 Å². The molecule has 0 saturated carbocycles. The van der Waals surface area contributed by atoms with Crippen molar-refractivity contribution in [1.82, 2.24) is 30.0 Å². The molecule has 3 aromatic carbocycles. The van der Waals surface area contributed by atoms with Crippen LogP contribution in [-0.2, 0) is 21.6 Å². The molecule has 0 radical (unpaired) electrons. The topological polar surface area (TPSA) is 165 Å². The number of benzene rings is 3. The van der Waals surface area contributed by atoms with Gasteiger partial charge in [-0.2, -0.15) is 5.26 Å². The van der Waals surface area contributed by atoms with E-state index >= 15 is 0 Å². The van der Waals surface area contributed by atoms with Crippen molar-refractivity contribution in [2.75, 3.05) is 81.2 Å². The van der Waals surface area contributed by atoms with Gasteiger partial charge in [0.15, 0.2) is 5.75 Å². The average Bonchev–Trinajstić information content (AvgIpc) is 3.61. The number of nitrogens with one attached hydrogen (secondary N) is 1. The Bertz CT molecular complexity index is 2580. The van der Waals surface area contributed by atoms with Crippen molar-refractivity contribution in [3.8, 4) is 17.6 Å². The number of nitrogens with zero attached hydrogens (tertiary/aromatic N) is 8. The zero-order chi connectivity index (χ0) is 47.5. The van der Waals surface area contributed by atoms with E-state index in [2.05, 4.69) is 49.8 Å². The van der Waals surface area contributed by atoms with E-state index in [9.17, 15) is 24.4 Å². The highest BCUT2D eigenvalue weighted by atomic mass is 35.5. The smallest absolute Gasteiger partial charge is 0.264 e. The van der Waals surface area contributed by atoms with Gasteiger partial charge in [-0.05, 0) is 105 Å². The summed E-state index contributed by atoms with van der Waals surface area (Å²) in [4.78, 5) is 71.7. The second-order valence-electron chi connectivity index (χ2n) is 18.9. The first-order valence-corrected chi connectivity index (χ1v) is 24.6. The average molecular weight is 963 g/mol. The van der Waals surface area contributed by atoms with Gasteiger partial charge >= 0.3 is 0 Å². The molecule has 1 unspecified atom stereocenters. The summed E-state index contributed by atoms with van der Waals surface area (Å²) in [5, 5.41) is 12.4. The van der Waals surface area contributed by atoms with Crippen molar-refractivity contribution in [3.63, 3.8) is 0 Å². The number of halogens is 2. The van der Waals surface area contributed by atoms with Gasteiger partial charge in [0, 0.05) is 69.9 Å². The SMILES string of the molecule is CC(C)(c1ccc(OCc2ccnc(N3CCN(CC4CCN(C5CCN(c6cccc7c6C(=O)N(C6CCC(=O)NC6=O)C7=O)CC5)CC4)CC3)n2)cc1)c1cc(Cl)c(OCCCl)c(C#N)c1. The maximum absolute atomic E-state index is 13.7. The number of piperidine rings is 3. The summed E-state index contributed by atoms with van der Waals surface area (Å²) in [6, 6.07) is 20.6. The summed E-state index contributed by atoms with van der Waals surface area (Å²) < 4.78 is 11.8. The second-order valence-corrected chi connectivity index (χ2v) is 19.7. The van der Waals surface area contributed by atoms with Gasteiger partial charge in [-0.1, -0.05) is 43.6 Å². The number of hydrogen-bond donors (Lipinski definition) is 1. The van der Waals surface area contributed by atoms with Crippen LogP contribution in [0.2, 0.25) is 5.02 Å². The molecule has 0 aliphatic carbocycles. The minimum atomic E-state index is -0.975. The predicted molar refractivity (Wildman–Crippen MR) is 259 cm³/mol. The fraction of sp³-hybridized carbons (Fsp3) is 0.471. The number of fused-ring (bicyclic) bond motifs is 1. The molecule has 5 aliphatic rings. The maximum atomic E-state index is 13.7. The quantitative estimate of drug-likeness (QED) is 0.109. The molecule has 4 amide bonds. The van der Waals surface area contributed by atoms with E-state index in [1.807, 2.05) is 54.6 Å². The van der Waals surface area contributed by atoms with Crippen molar-refractivity contribution in [2.24, 2.45) is 5.92 Å². The first kappa shape index (κ1) is 47.3. The Hall–Kier alpha value is -5.79. The molecule has 15 nitrogen and oxygen atoms in total. The molecule has 1 N–H and O–H groups in total. The molecular formula is C51H57Cl2N9O6. The molecule has 68 heavy (non-hydrogen) atoms. The molecule has 9 rings (SSSR count). The lowest BCUT2D eigenvalue weighted by Crippen LogP contribution is -2.54. The normalized spacial score (nSPS) is 20.1. The molecule has 1 atom stereocenters. The van der Waals surface area contributed by atoms with E-state index in [1.54, 1.807) is 12.3 Å². The number of rotatable bonds is 14. The van der Waals surface area contributed by atoms with E-state index in [4.69, 9.17) is 37.7 Å². The molecule has 4 fully saturated rings. The zero-order valence-corrected chi connectivity index (χ0v) is 40.1. The van der Waals surface area contributed by atoms with Gasteiger partial charge in [0.2, 0.25) is 17.8 Å². The molecule has 6 heterocycles. The summed E-state index contributed by atoms with van der Waals surface area (Å²) >= 11 is 12.4. The highest BCUT2D eigenvalue weighted by Crippen LogP contribution is 2.40. The van der Waals surface area contributed by atoms with Crippen LogP contribution in [0.5, 0.6) is 11.5 Å². The maximum Gasteiger partial charge on any atom is 0.264 e. The van der Waals surface area contributed by atoms with Crippen LogP contribution in [0.25, 0.3) is 0 Å². The van der Waals surface area contributed by atoms with Crippen LogP contribution < -0.4 is 24.6 Å². The van der Waals surface area contributed by atoms with Crippen LogP contribution in [-0.4, -0.2) is 132 Å². The van der Waals surface area contributed by atoms with Crippen LogP contribution in [0.4, 0.5) is 11.6 Å². The Morgan fingerprint density at radius 3 is 2.29 bits per heavy atom. The van der Waals surface area contributed by atoms with E-state index in [0.717, 1.165) is 111 Å². The number of aromatic nitrogens is 2. The number of alkyl halides is 1. The number of amides is 4. The van der Waals surface area contributed by atoms with Gasteiger partial charge < -0.3 is 24.2 Å². The molecule has 4 aromatic rings. The second kappa shape index (κ2) is 20.4. The molecule has 17 heteroatoms. The summed E-state index contributed by atoms with van der Waals surface area (Å²) in [5.41, 5.74) is 4.12. The third-order valence-corrected chi connectivity index (χ3v) is 14.9. The third kappa shape index (κ3) is 9.87. The van der Waals surface area contributed by atoms with Gasteiger partial charge in [-0.25, -0.2) is 9.97 Å². The Balaban J connectivity index is 0.707. The summed E-state index contributed by atoms with van der Waals surface area (Å²) in [6.45, 7) is 13.2. The number of piperazine rings is 1. The van der Waals surface area contributed by atoms with Gasteiger partial charge in [0.1, 0.15) is 31.1 Å². The van der Waals surface area contributed by atoms with Crippen molar-refractivity contribution < 1.29 is 28.7 Å². The van der Waals surface area contributed by atoms with E-state index in [0.29, 0.717) is 51.9 Å². The Labute approximate surface area is 407 Å². The number of carbonyl (C=O) groups excluding carboxylic acids is 4. The van der Waals surface area contributed by atoms with E-state index in [1.165, 1.54) is 12.8 Å². The van der Waals surface area contributed by atoms with Crippen molar-refractivity contribution in [2.45, 2.75) is 76.5 Å². The van der Waals surface area contributed by atoms with Crippen molar-refractivity contribution in [3.05, 3.63) is 105 Å². The predicted octanol–water partition coefficient (Wildman–Crippen LogP) is 6.43. The number of nitriles is 1. The van der Waals surface area contributed by atoms with Crippen molar-refractivity contribution >= 4 is 58.5 Å². The number of hydrogen-bond acceptors (Lipinski definition) is 13. The van der Waals surface area contributed by atoms with Gasteiger partial charge in [0.25, 0.3) is 11.8 Å². The first-order valence-electron chi connectivity index (χ1n) is 23.7. The molecule has 0 bridgehead atoms. The van der Waals surface area contributed by atoms with Crippen molar-refractivity contribution in [1.29, 1.82) is 5.26 Å². The Kier molecular flexibility index (Phi) is 14.2. The van der Waals surface area contributed by atoms with Crippen LogP contribution >= 0.6 is 23.2 Å². The zero-order valence-electron chi connectivity index (χ0n) is 38.6. The number of anilines is 2. The highest BCUT2D eigenvalue weighted by Gasteiger charge is 2.46. The number of ether oxygens (including phenoxy) is 2. The molecule has 1 aromatic heterocycles. The largest absolute Gasteiger partial charge is 0.489 e. The van der Waals surface area contributed by atoms with Gasteiger partial charge in [-0.15, -0.1) is 11.6 Å². The lowest BCUT2D eigenvalue weighted by atomic mass is 9.77. The number of likely N-dealkylation sites (tertiary alicyclic amines) is 1. The monoisotopic (exact) mass is 961 g/mol. The van der Waals surface area contributed by atoms with Crippen LogP contribution in [0, 0.1) is 17.2 Å². The Morgan fingerprint density at radius 1 is 0.838 bits per heavy atom. The lowest BCUT2D eigenvalue weighted by Gasteiger charge is -2.43. The van der Waals surface area contributed by atoms with Gasteiger partial charge in [0.05, 0.1) is 39.0 Å². The fourth-order valence-electron chi connectivity index (χ4n) is 10.5. The lowest BCUT2D eigenvalue weighted by molar-refractivity contribution is -0.136. The molecule has 356 valence electrons. The first-order chi connectivity index (χ1) is 32.9. The third-order valence-electron chi connectivity index (χ3n) is 14.5. The highest BCUT2D eigenvalue weighted by molar-refractivity contribution is 6.32. The molecule has 4 saturated heterocycles. The fourth-order valence-corrected chi connectivity index (χ4v) is 10.8. The minimum Gasteiger partial charge on any atom is -0.489 e.